The highest BCUT2D eigenvalue weighted by atomic mass is 16.5. The Hall–Kier alpha value is -1.06. The number of para-hydroxylation sites is 1. The molecule has 0 aromatic heterocycles. The van der Waals surface area contributed by atoms with E-state index in [1.165, 1.54) is 5.56 Å². The number of nitrogens with one attached hydrogen (secondary N) is 1. The first-order chi connectivity index (χ1) is 9.01. The summed E-state index contributed by atoms with van der Waals surface area (Å²) in [5.74, 6) is 1.55. The van der Waals surface area contributed by atoms with Crippen LogP contribution in [0.1, 0.15) is 32.8 Å². The first-order valence-corrected chi connectivity index (χ1v) is 7.05. The first-order valence-electron chi connectivity index (χ1n) is 7.05. The van der Waals surface area contributed by atoms with Crippen LogP contribution in [0.4, 0.5) is 0 Å². The zero-order valence-corrected chi connectivity index (χ0v) is 12.7. The molecule has 0 radical (unpaired) electrons. The van der Waals surface area contributed by atoms with Crippen LogP contribution in [0.5, 0.6) is 5.75 Å². The minimum Gasteiger partial charge on any atom is -0.496 e. The molecule has 0 heterocycles. The monoisotopic (exact) mass is 264 g/mol. The van der Waals surface area contributed by atoms with Gasteiger partial charge in [0.1, 0.15) is 5.75 Å². The highest BCUT2D eigenvalue weighted by Crippen LogP contribution is 2.30. The van der Waals surface area contributed by atoms with E-state index < -0.39 is 0 Å². The van der Waals surface area contributed by atoms with Crippen LogP contribution in [0.3, 0.4) is 0 Å². The van der Waals surface area contributed by atoms with Gasteiger partial charge >= 0.3 is 0 Å². The van der Waals surface area contributed by atoms with Gasteiger partial charge < -0.3 is 15.8 Å². The maximum Gasteiger partial charge on any atom is 0.122 e. The minimum absolute atomic E-state index is 0.0541. The molecule has 0 saturated carbocycles. The summed E-state index contributed by atoms with van der Waals surface area (Å²) < 4.78 is 5.45. The van der Waals surface area contributed by atoms with E-state index in [0.29, 0.717) is 5.92 Å². The lowest BCUT2D eigenvalue weighted by Gasteiger charge is -2.27. The van der Waals surface area contributed by atoms with E-state index in [2.05, 4.69) is 38.2 Å². The molecule has 0 fully saturated rings. The smallest absolute Gasteiger partial charge is 0.122 e. The van der Waals surface area contributed by atoms with Crippen molar-refractivity contribution in [1.82, 2.24) is 5.32 Å². The van der Waals surface area contributed by atoms with Gasteiger partial charge in [0.05, 0.1) is 7.11 Å². The van der Waals surface area contributed by atoms with Gasteiger partial charge in [0.15, 0.2) is 0 Å². The second-order valence-electron chi connectivity index (χ2n) is 5.89. The maximum absolute atomic E-state index is 5.62. The molecule has 0 spiro atoms. The molecular formula is C16H28N2O. The summed E-state index contributed by atoms with van der Waals surface area (Å²) in [6, 6.07) is 8.24. The van der Waals surface area contributed by atoms with Crippen LogP contribution < -0.4 is 15.8 Å². The average Bonchev–Trinajstić information content (AvgIpc) is 2.43. The molecule has 0 aliphatic rings. The summed E-state index contributed by atoms with van der Waals surface area (Å²) in [6.45, 7) is 9.38. The van der Waals surface area contributed by atoms with Gasteiger partial charge in [-0.3, -0.25) is 0 Å². The summed E-state index contributed by atoms with van der Waals surface area (Å²) in [7, 11) is 1.73. The molecule has 108 valence electrons. The number of benzene rings is 1. The highest BCUT2D eigenvalue weighted by Gasteiger charge is 2.23. The molecule has 1 unspecified atom stereocenters. The Bertz CT molecular complexity index is 377. The zero-order valence-electron chi connectivity index (χ0n) is 12.7. The Morgan fingerprint density at radius 1 is 1.32 bits per heavy atom. The predicted molar refractivity (Wildman–Crippen MR) is 81.7 cm³/mol. The van der Waals surface area contributed by atoms with Crippen molar-refractivity contribution in [3.05, 3.63) is 29.8 Å². The van der Waals surface area contributed by atoms with E-state index in [9.17, 15) is 0 Å². The second kappa shape index (κ2) is 7.51. The van der Waals surface area contributed by atoms with Crippen LogP contribution in [0.15, 0.2) is 24.3 Å². The Labute approximate surface area is 117 Å². The van der Waals surface area contributed by atoms with Crippen LogP contribution in [0, 0.1) is 5.92 Å². The molecule has 3 heteroatoms. The predicted octanol–water partition coefficient (Wildman–Crippen LogP) is 2.55. The lowest BCUT2D eigenvalue weighted by atomic mass is 9.84. The Morgan fingerprint density at radius 3 is 2.63 bits per heavy atom. The summed E-state index contributed by atoms with van der Waals surface area (Å²) in [4.78, 5) is 0. The van der Waals surface area contributed by atoms with Crippen LogP contribution in [0.25, 0.3) is 0 Å². The van der Waals surface area contributed by atoms with Crippen molar-refractivity contribution >= 4 is 0 Å². The Morgan fingerprint density at radius 2 is 2.00 bits per heavy atom. The number of nitrogens with two attached hydrogens (primary N) is 1. The second-order valence-corrected chi connectivity index (χ2v) is 5.89. The van der Waals surface area contributed by atoms with Gasteiger partial charge in [-0.15, -0.1) is 0 Å². The summed E-state index contributed by atoms with van der Waals surface area (Å²) in [5, 5.41) is 3.53. The normalized spacial score (nSPS) is 13.3. The maximum atomic E-state index is 5.62. The molecular weight excluding hydrogens is 236 g/mol. The fraction of sp³-hybridized carbons (Fsp3) is 0.625. The number of hydrogen-bond donors (Lipinski definition) is 2. The van der Waals surface area contributed by atoms with Crippen LogP contribution >= 0.6 is 0 Å². The SMILES string of the molecule is COc1ccccc1C(C)(C)CNCCC(C)CN. The van der Waals surface area contributed by atoms with Crippen molar-refractivity contribution in [1.29, 1.82) is 0 Å². The molecule has 0 bridgehead atoms. The molecule has 0 amide bonds. The minimum atomic E-state index is 0.0541. The average molecular weight is 264 g/mol. The standard InChI is InChI=1S/C16H28N2O/c1-13(11-17)9-10-18-12-16(2,3)14-7-5-6-8-15(14)19-4/h5-8,13,18H,9-12,17H2,1-4H3. The van der Waals surface area contributed by atoms with Gasteiger partial charge in [-0.25, -0.2) is 0 Å². The van der Waals surface area contributed by atoms with Crippen LogP contribution in [-0.2, 0) is 5.41 Å². The van der Waals surface area contributed by atoms with Crippen LogP contribution in [0.2, 0.25) is 0 Å². The lowest BCUT2D eigenvalue weighted by Crippen LogP contribution is -2.34. The van der Waals surface area contributed by atoms with E-state index in [1.54, 1.807) is 7.11 Å². The Kier molecular flexibility index (Phi) is 6.32. The van der Waals surface area contributed by atoms with Crippen molar-refractivity contribution in [3.63, 3.8) is 0 Å². The number of hydrogen-bond acceptors (Lipinski definition) is 3. The number of methoxy groups -OCH3 is 1. The van der Waals surface area contributed by atoms with E-state index in [-0.39, 0.29) is 5.41 Å². The number of rotatable bonds is 8. The molecule has 0 aliphatic heterocycles. The molecule has 1 rings (SSSR count). The third-order valence-corrected chi connectivity index (χ3v) is 3.62. The summed E-state index contributed by atoms with van der Waals surface area (Å²) >= 11 is 0. The van der Waals surface area contributed by atoms with Gasteiger partial charge in [-0.2, -0.15) is 0 Å². The van der Waals surface area contributed by atoms with E-state index in [0.717, 1.165) is 31.8 Å². The van der Waals surface area contributed by atoms with Crippen molar-refractivity contribution in [3.8, 4) is 5.75 Å². The molecule has 0 saturated heterocycles. The van der Waals surface area contributed by atoms with Crippen molar-refractivity contribution in [2.75, 3.05) is 26.7 Å². The van der Waals surface area contributed by atoms with E-state index in [4.69, 9.17) is 10.5 Å². The number of ether oxygens (including phenoxy) is 1. The van der Waals surface area contributed by atoms with Gasteiger partial charge in [-0.05, 0) is 31.5 Å². The molecule has 1 atom stereocenters. The topological polar surface area (TPSA) is 47.3 Å². The molecule has 1 aromatic carbocycles. The van der Waals surface area contributed by atoms with Gasteiger partial charge in [0, 0.05) is 17.5 Å². The highest BCUT2D eigenvalue weighted by molar-refractivity contribution is 5.39. The third-order valence-electron chi connectivity index (χ3n) is 3.62. The molecule has 3 N–H and O–H groups in total. The summed E-state index contributed by atoms with van der Waals surface area (Å²) in [5.41, 5.74) is 6.93. The van der Waals surface area contributed by atoms with Gasteiger partial charge in [0.25, 0.3) is 0 Å². The van der Waals surface area contributed by atoms with Crippen molar-refractivity contribution in [2.24, 2.45) is 11.7 Å². The summed E-state index contributed by atoms with van der Waals surface area (Å²) in [6.07, 6.45) is 1.12. The largest absolute Gasteiger partial charge is 0.496 e. The molecule has 19 heavy (non-hydrogen) atoms. The van der Waals surface area contributed by atoms with Crippen molar-refractivity contribution < 1.29 is 4.74 Å². The van der Waals surface area contributed by atoms with E-state index in [1.807, 2.05) is 12.1 Å². The lowest BCUT2D eigenvalue weighted by molar-refractivity contribution is 0.382. The van der Waals surface area contributed by atoms with Crippen LogP contribution in [-0.4, -0.2) is 26.7 Å². The quantitative estimate of drug-likeness (QED) is 0.709. The fourth-order valence-corrected chi connectivity index (χ4v) is 2.17. The molecule has 1 aromatic rings. The van der Waals surface area contributed by atoms with Crippen molar-refractivity contribution in [2.45, 2.75) is 32.6 Å². The van der Waals surface area contributed by atoms with Gasteiger partial charge in [0.2, 0.25) is 0 Å². The first kappa shape index (κ1) is 16.0. The Balaban J connectivity index is 2.55. The van der Waals surface area contributed by atoms with Gasteiger partial charge in [-0.1, -0.05) is 39.0 Å². The molecule has 3 nitrogen and oxygen atoms in total. The zero-order chi connectivity index (χ0) is 14.3. The third kappa shape index (κ3) is 4.84. The molecule has 0 aliphatic carbocycles. The fourth-order valence-electron chi connectivity index (χ4n) is 2.17. The van der Waals surface area contributed by atoms with E-state index >= 15 is 0 Å².